The molecule has 0 bridgehead atoms. The highest BCUT2D eigenvalue weighted by atomic mass is 79.9. The number of halogens is 4. The first-order valence-electron chi connectivity index (χ1n) is 7.90. The van der Waals surface area contributed by atoms with Gasteiger partial charge in [-0.3, -0.25) is 0 Å². The van der Waals surface area contributed by atoms with Crippen LogP contribution in [0.2, 0.25) is 0 Å². The van der Waals surface area contributed by atoms with Crippen LogP contribution in [0.25, 0.3) is 0 Å². The molecular formula is C20H10Br2F2O2. The van der Waals surface area contributed by atoms with Crippen LogP contribution in [-0.4, -0.2) is 0 Å². The van der Waals surface area contributed by atoms with E-state index in [2.05, 4.69) is 31.9 Å². The van der Waals surface area contributed by atoms with Gasteiger partial charge in [0.1, 0.15) is 23.1 Å². The van der Waals surface area contributed by atoms with E-state index in [1.807, 2.05) is 24.3 Å². The van der Waals surface area contributed by atoms with Crippen LogP contribution in [0, 0.1) is 11.6 Å². The quantitative estimate of drug-likeness (QED) is 0.370. The summed E-state index contributed by atoms with van der Waals surface area (Å²) in [6, 6.07) is 13.7. The highest BCUT2D eigenvalue weighted by Crippen LogP contribution is 2.57. The predicted molar refractivity (Wildman–Crippen MR) is 99.4 cm³/mol. The molecule has 3 aromatic carbocycles. The van der Waals surface area contributed by atoms with Crippen LogP contribution in [0.3, 0.4) is 0 Å². The van der Waals surface area contributed by atoms with E-state index >= 15 is 0 Å². The van der Waals surface area contributed by atoms with Crippen LogP contribution in [-0.2, 0) is 16.9 Å². The summed E-state index contributed by atoms with van der Waals surface area (Å²) in [5.74, 6) is 0.0865. The zero-order chi connectivity index (χ0) is 18.1. The Bertz CT molecular complexity index is 1020. The molecule has 0 saturated carbocycles. The summed E-state index contributed by atoms with van der Waals surface area (Å²) in [5.41, 5.74) is 1.80. The fourth-order valence-electron chi connectivity index (χ4n) is 3.74. The molecule has 0 atom stereocenters. The smallest absolute Gasteiger partial charge is 0.151 e. The SMILES string of the molecule is Fc1cc2c(cc1Br)Oc1cc(Br)c(F)cc1C21OCc2ccccc21. The van der Waals surface area contributed by atoms with Gasteiger partial charge < -0.3 is 9.47 Å². The van der Waals surface area contributed by atoms with Gasteiger partial charge in [0.2, 0.25) is 0 Å². The average molecular weight is 480 g/mol. The third kappa shape index (κ3) is 2.09. The third-order valence-corrected chi connectivity index (χ3v) is 6.08. The van der Waals surface area contributed by atoms with Crippen molar-refractivity contribution < 1.29 is 18.3 Å². The molecule has 6 heteroatoms. The summed E-state index contributed by atoms with van der Waals surface area (Å²) >= 11 is 6.41. The van der Waals surface area contributed by atoms with Gasteiger partial charge in [0, 0.05) is 11.1 Å². The fraction of sp³-hybridized carbons (Fsp3) is 0.100. The topological polar surface area (TPSA) is 18.5 Å². The van der Waals surface area contributed by atoms with E-state index in [-0.39, 0.29) is 0 Å². The highest BCUT2D eigenvalue weighted by molar-refractivity contribution is 9.10. The van der Waals surface area contributed by atoms with Crippen LogP contribution < -0.4 is 4.74 Å². The van der Waals surface area contributed by atoms with Gasteiger partial charge in [0.25, 0.3) is 0 Å². The van der Waals surface area contributed by atoms with Crippen molar-refractivity contribution in [2.24, 2.45) is 0 Å². The maximum absolute atomic E-state index is 14.4. The number of hydrogen-bond donors (Lipinski definition) is 0. The van der Waals surface area contributed by atoms with Gasteiger partial charge in [-0.05, 0) is 67.3 Å². The summed E-state index contributed by atoms with van der Waals surface area (Å²) in [6.07, 6.45) is 0. The second kappa shape index (κ2) is 5.62. The lowest BCUT2D eigenvalue weighted by Gasteiger charge is -2.37. The van der Waals surface area contributed by atoms with E-state index in [9.17, 15) is 8.78 Å². The van der Waals surface area contributed by atoms with Crippen LogP contribution in [0.1, 0.15) is 22.3 Å². The first-order chi connectivity index (χ1) is 12.5. The van der Waals surface area contributed by atoms with Crippen LogP contribution in [0.4, 0.5) is 8.78 Å². The van der Waals surface area contributed by atoms with Gasteiger partial charge in [-0.2, -0.15) is 0 Å². The molecule has 2 heterocycles. The van der Waals surface area contributed by atoms with Crippen LogP contribution in [0.15, 0.2) is 57.5 Å². The van der Waals surface area contributed by atoms with Crippen molar-refractivity contribution >= 4 is 31.9 Å². The minimum absolute atomic E-state index is 0.294. The normalized spacial score (nSPS) is 16.0. The van der Waals surface area contributed by atoms with Gasteiger partial charge in [-0.1, -0.05) is 24.3 Å². The zero-order valence-corrected chi connectivity index (χ0v) is 16.3. The lowest BCUT2D eigenvalue weighted by molar-refractivity contribution is 0.0194. The van der Waals surface area contributed by atoms with E-state index in [0.29, 0.717) is 38.2 Å². The molecule has 0 fully saturated rings. The van der Waals surface area contributed by atoms with E-state index in [0.717, 1.165) is 11.1 Å². The first-order valence-corrected chi connectivity index (χ1v) is 9.48. The molecule has 0 amide bonds. The van der Waals surface area contributed by atoms with E-state index in [1.165, 1.54) is 12.1 Å². The Labute approximate surface area is 165 Å². The molecule has 0 N–H and O–H groups in total. The fourth-order valence-corrected chi connectivity index (χ4v) is 4.38. The van der Waals surface area contributed by atoms with Crippen molar-refractivity contribution in [3.63, 3.8) is 0 Å². The summed E-state index contributed by atoms with van der Waals surface area (Å²) in [6.45, 7) is 0.352. The van der Waals surface area contributed by atoms with Crippen molar-refractivity contribution in [3.8, 4) is 11.5 Å². The number of fused-ring (bicyclic) bond motifs is 6. The van der Waals surface area contributed by atoms with Crippen molar-refractivity contribution in [3.05, 3.63) is 91.4 Å². The molecule has 0 saturated heterocycles. The van der Waals surface area contributed by atoms with Crippen LogP contribution in [0.5, 0.6) is 11.5 Å². The number of hydrogen-bond acceptors (Lipinski definition) is 2. The molecule has 26 heavy (non-hydrogen) atoms. The average Bonchev–Trinajstić information content (AvgIpc) is 3.00. The minimum Gasteiger partial charge on any atom is -0.456 e. The Morgan fingerprint density at radius 3 is 2.00 bits per heavy atom. The molecular weight excluding hydrogens is 470 g/mol. The molecule has 5 rings (SSSR count). The van der Waals surface area contributed by atoms with E-state index < -0.39 is 17.2 Å². The molecule has 0 unspecified atom stereocenters. The molecule has 2 nitrogen and oxygen atoms in total. The monoisotopic (exact) mass is 478 g/mol. The van der Waals surface area contributed by atoms with Crippen molar-refractivity contribution in [1.82, 2.24) is 0 Å². The molecule has 0 aromatic heterocycles. The van der Waals surface area contributed by atoms with Crippen LogP contribution >= 0.6 is 31.9 Å². The van der Waals surface area contributed by atoms with E-state index in [4.69, 9.17) is 9.47 Å². The lowest BCUT2D eigenvalue weighted by atomic mass is 9.77. The van der Waals surface area contributed by atoms with Gasteiger partial charge >= 0.3 is 0 Å². The molecule has 3 aromatic rings. The molecule has 2 aliphatic rings. The predicted octanol–water partition coefficient (Wildman–Crippen LogP) is 6.42. The van der Waals surface area contributed by atoms with Gasteiger partial charge in [0.05, 0.1) is 15.6 Å². The lowest BCUT2D eigenvalue weighted by Crippen LogP contribution is -2.32. The summed E-state index contributed by atoms with van der Waals surface area (Å²) < 4.78 is 41.6. The Hall–Kier alpha value is -1.76. The number of ether oxygens (including phenoxy) is 2. The Morgan fingerprint density at radius 2 is 1.38 bits per heavy atom. The first kappa shape index (κ1) is 16.4. The Kier molecular flexibility index (Phi) is 3.55. The largest absolute Gasteiger partial charge is 0.456 e. The second-order valence-corrected chi connectivity index (χ2v) is 7.96. The molecule has 0 aliphatic carbocycles. The van der Waals surface area contributed by atoms with Crippen molar-refractivity contribution in [2.75, 3.05) is 0 Å². The number of benzene rings is 3. The highest BCUT2D eigenvalue weighted by Gasteiger charge is 2.50. The van der Waals surface area contributed by atoms with Gasteiger partial charge in [-0.25, -0.2) is 8.78 Å². The van der Waals surface area contributed by atoms with Crippen molar-refractivity contribution in [2.45, 2.75) is 12.2 Å². The van der Waals surface area contributed by atoms with Gasteiger partial charge in [0.15, 0.2) is 5.60 Å². The maximum atomic E-state index is 14.4. The standard InChI is InChI=1S/C20H10Br2F2O2/c21-14-7-18-12(5-16(14)23)20(11-4-2-1-3-10(11)9-25-20)13-6-17(24)15(22)8-19(13)26-18/h1-8H,9H2. The Morgan fingerprint density at radius 1 is 0.808 bits per heavy atom. The number of rotatable bonds is 0. The zero-order valence-electron chi connectivity index (χ0n) is 13.2. The molecule has 2 aliphatic heterocycles. The second-order valence-electron chi connectivity index (χ2n) is 6.25. The molecule has 130 valence electrons. The van der Waals surface area contributed by atoms with E-state index in [1.54, 1.807) is 12.1 Å². The summed E-state index contributed by atoms with van der Waals surface area (Å²) in [5, 5.41) is 0. The Balaban J connectivity index is 1.91. The van der Waals surface area contributed by atoms with Crippen molar-refractivity contribution in [1.29, 1.82) is 0 Å². The summed E-state index contributed by atoms with van der Waals surface area (Å²) in [4.78, 5) is 0. The maximum Gasteiger partial charge on any atom is 0.151 e. The minimum atomic E-state index is -1.11. The molecule has 1 spiro atoms. The molecule has 0 radical (unpaired) electrons. The van der Waals surface area contributed by atoms with Gasteiger partial charge in [-0.15, -0.1) is 0 Å². The third-order valence-electron chi connectivity index (χ3n) is 4.86. The summed E-state index contributed by atoms with van der Waals surface area (Å²) in [7, 11) is 0.